The van der Waals surface area contributed by atoms with Gasteiger partial charge in [-0.2, -0.15) is 0 Å². The zero-order valence-corrected chi connectivity index (χ0v) is 11.2. The molecule has 2 aliphatic heterocycles. The van der Waals surface area contributed by atoms with Gasteiger partial charge in [-0.1, -0.05) is 6.07 Å². The highest BCUT2D eigenvalue weighted by Crippen LogP contribution is 2.35. The number of nitrogens with zero attached hydrogens (tertiary/aromatic N) is 1. The van der Waals surface area contributed by atoms with Gasteiger partial charge in [-0.15, -0.1) is 0 Å². The van der Waals surface area contributed by atoms with Crippen molar-refractivity contribution in [3.05, 3.63) is 29.8 Å². The first-order chi connectivity index (χ1) is 9.13. The van der Waals surface area contributed by atoms with Crippen LogP contribution in [0.4, 0.5) is 0 Å². The molecule has 2 saturated heterocycles. The number of carbonyl (C=O) groups is 1. The van der Waals surface area contributed by atoms with E-state index >= 15 is 0 Å². The Hall–Kier alpha value is -1.55. The van der Waals surface area contributed by atoms with Gasteiger partial charge in [-0.25, -0.2) is 0 Å². The summed E-state index contributed by atoms with van der Waals surface area (Å²) in [6.45, 7) is 0. The molecule has 0 radical (unpaired) electrons. The van der Waals surface area contributed by atoms with Crippen LogP contribution in [0.3, 0.4) is 0 Å². The lowest BCUT2D eigenvalue weighted by Gasteiger charge is -2.36. The number of benzene rings is 1. The maximum absolute atomic E-state index is 11.2. The molecule has 1 aromatic rings. The molecule has 1 amide bonds. The number of hydrogen-bond donors (Lipinski definition) is 1. The third-order valence-corrected chi connectivity index (χ3v) is 4.48. The van der Waals surface area contributed by atoms with Gasteiger partial charge in [0.05, 0.1) is 0 Å². The van der Waals surface area contributed by atoms with E-state index in [1.165, 1.54) is 12.8 Å². The maximum Gasteiger partial charge on any atom is 0.248 e. The van der Waals surface area contributed by atoms with E-state index in [2.05, 4.69) is 11.9 Å². The lowest BCUT2D eigenvalue weighted by molar-refractivity contribution is 0.0660. The van der Waals surface area contributed by atoms with Crippen LogP contribution in [0, 0.1) is 0 Å². The Balaban J connectivity index is 1.69. The topological polar surface area (TPSA) is 55.6 Å². The molecule has 0 aromatic heterocycles. The van der Waals surface area contributed by atoms with Crippen molar-refractivity contribution in [3.63, 3.8) is 0 Å². The van der Waals surface area contributed by atoms with Crippen molar-refractivity contribution in [3.8, 4) is 5.75 Å². The van der Waals surface area contributed by atoms with Crippen LogP contribution in [-0.2, 0) is 0 Å². The number of ether oxygens (including phenoxy) is 1. The van der Waals surface area contributed by atoms with Gasteiger partial charge in [0, 0.05) is 17.6 Å². The van der Waals surface area contributed by atoms with Gasteiger partial charge in [0.2, 0.25) is 5.91 Å². The van der Waals surface area contributed by atoms with Gasteiger partial charge in [0.25, 0.3) is 0 Å². The Morgan fingerprint density at radius 1 is 1.32 bits per heavy atom. The minimum atomic E-state index is -0.408. The van der Waals surface area contributed by atoms with Crippen LogP contribution in [0.15, 0.2) is 24.3 Å². The van der Waals surface area contributed by atoms with E-state index in [1.54, 1.807) is 12.1 Å². The van der Waals surface area contributed by atoms with Crippen LogP contribution >= 0.6 is 0 Å². The number of amides is 1. The molecular weight excluding hydrogens is 240 g/mol. The second kappa shape index (κ2) is 4.85. The SMILES string of the molecule is CN1C2CCC1CC(Oc1cccc(C(N)=O)c1)C2. The van der Waals surface area contributed by atoms with Crippen molar-refractivity contribution in [2.24, 2.45) is 5.73 Å². The highest BCUT2D eigenvalue weighted by Gasteiger charge is 2.39. The van der Waals surface area contributed by atoms with Crippen molar-refractivity contribution in [2.45, 2.75) is 43.9 Å². The molecule has 102 valence electrons. The molecule has 0 aliphatic carbocycles. The molecule has 1 aromatic carbocycles. The lowest BCUT2D eigenvalue weighted by atomic mass is 10.0. The lowest BCUT2D eigenvalue weighted by Crippen LogP contribution is -2.43. The maximum atomic E-state index is 11.2. The van der Waals surface area contributed by atoms with Gasteiger partial charge in [0.1, 0.15) is 11.9 Å². The van der Waals surface area contributed by atoms with Gasteiger partial charge in [-0.05, 0) is 50.9 Å². The number of primary amides is 1. The fourth-order valence-electron chi connectivity index (χ4n) is 3.37. The van der Waals surface area contributed by atoms with Crippen LogP contribution in [0.5, 0.6) is 5.75 Å². The molecule has 4 heteroatoms. The Morgan fingerprint density at radius 3 is 2.63 bits per heavy atom. The van der Waals surface area contributed by atoms with Crippen molar-refractivity contribution >= 4 is 5.91 Å². The van der Waals surface area contributed by atoms with E-state index in [0.29, 0.717) is 17.6 Å². The second-order valence-corrected chi connectivity index (χ2v) is 5.65. The molecule has 0 spiro atoms. The van der Waals surface area contributed by atoms with Crippen LogP contribution in [0.25, 0.3) is 0 Å². The summed E-state index contributed by atoms with van der Waals surface area (Å²) < 4.78 is 6.04. The van der Waals surface area contributed by atoms with Crippen molar-refractivity contribution < 1.29 is 9.53 Å². The Bertz CT molecular complexity index is 475. The van der Waals surface area contributed by atoms with Gasteiger partial charge in [-0.3, -0.25) is 4.79 Å². The molecule has 2 aliphatic rings. The van der Waals surface area contributed by atoms with E-state index in [0.717, 1.165) is 18.6 Å². The van der Waals surface area contributed by atoms with E-state index in [-0.39, 0.29) is 6.10 Å². The molecule has 3 rings (SSSR count). The highest BCUT2D eigenvalue weighted by atomic mass is 16.5. The van der Waals surface area contributed by atoms with Crippen molar-refractivity contribution in [1.82, 2.24) is 4.90 Å². The smallest absolute Gasteiger partial charge is 0.248 e. The van der Waals surface area contributed by atoms with Gasteiger partial charge in [0.15, 0.2) is 0 Å². The van der Waals surface area contributed by atoms with Crippen LogP contribution < -0.4 is 10.5 Å². The van der Waals surface area contributed by atoms with E-state index < -0.39 is 5.91 Å². The average molecular weight is 260 g/mol. The number of piperidine rings is 1. The molecule has 2 unspecified atom stereocenters. The standard InChI is InChI=1S/C15H20N2O2/c1-17-11-5-6-12(17)9-14(8-11)19-13-4-2-3-10(7-13)15(16)18/h2-4,7,11-12,14H,5-6,8-9H2,1H3,(H2,16,18). The summed E-state index contributed by atoms with van der Waals surface area (Å²) in [5.74, 6) is 0.346. The first-order valence-corrected chi connectivity index (χ1v) is 6.92. The number of rotatable bonds is 3. The second-order valence-electron chi connectivity index (χ2n) is 5.65. The fourth-order valence-corrected chi connectivity index (χ4v) is 3.37. The van der Waals surface area contributed by atoms with Crippen LogP contribution in [0.2, 0.25) is 0 Å². The average Bonchev–Trinajstić information content (AvgIpc) is 2.63. The molecule has 2 bridgehead atoms. The molecule has 2 atom stereocenters. The highest BCUT2D eigenvalue weighted by molar-refractivity contribution is 5.93. The quantitative estimate of drug-likeness (QED) is 0.901. The summed E-state index contributed by atoms with van der Waals surface area (Å²) in [6, 6.07) is 8.48. The molecule has 19 heavy (non-hydrogen) atoms. The summed E-state index contributed by atoms with van der Waals surface area (Å²) in [5.41, 5.74) is 5.79. The monoisotopic (exact) mass is 260 g/mol. The molecule has 2 N–H and O–H groups in total. The Kier molecular flexibility index (Phi) is 3.19. The van der Waals surface area contributed by atoms with E-state index in [1.807, 2.05) is 12.1 Å². The number of nitrogens with two attached hydrogens (primary N) is 1. The Labute approximate surface area is 113 Å². The summed E-state index contributed by atoms with van der Waals surface area (Å²) >= 11 is 0. The summed E-state index contributed by atoms with van der Waals surface area (Å²) in [4.78, 5) is 13.6. The molecular formula is C15H20N2O2. The summed E-state index contributed by atoms with van der Waals surface area (Å²) in [5, 5.41) is 0. The van der Waals surface area contributed by atoms with Crippen LogP contribution in [0.1, 0.15) is 36.0 Å². The predicted octanol–water partition coefficient (Wildman–Crippen LogP) is 1.79. The van der Waals surface area contributed by atoms with Gasteiger partial charge < -0.3 is 15.4 Å². The van der Waals surface area contributed by atoms with Crippen LogP contribution in [-0.4, -0.2) is 36.0 Å². The van der Waals surface area contributed by atoms with Crippen molar-refractivity contribution in [1.29, 1.82) is 0 Å². The zero-order valence-electron chi connectivity index (χ0n) is 11.2. The normalized spacial score (nSPS) is 30.3. The van der Waals surface area contributed by atoms with Gasteiger partial charge >= 0.3 is 0 Å². The van der Waals surface area contributed by atoms with E-state index in [9.17, 15) is 4.79 Å². The minimum Gasteiger partial charge on any atom is -0.490 e. The minimum absolute atomic E-state index is 0.261. The predicted molar refractivity (Wildman–Crippen MR) is 73.2 cm³/mol. The number of carbonyl (C=O) groups excluding carboxylic acids is 1. The molecule has 2 fully saturated rings. The molecule has 0 saturated carbocycles. The van der Waals surface area contributed by atoms with E-state index in [4.69, 9.17) is 10.5 Å². The molecule has 2 heterocycles. The zero-order chi connectivity index (χ0) is 13.4. The number of fused-ring (bicyclic) bond motifs is 2. The summed E-state index contributed by atoms with van der Waals surface area (Å²) in [7, 11) is 2.21. The Morgan fingerprint density at radius 2 is 2.00 bits per heavy atom. The first-order valence-electron chi connectivity index (χ1n) is 6.92. The van der Waals surface area contributed by atoms with Crippen molar-refractivity contribution in [2.75, 3.05) is 7.05 Å². The molecule has 4 nitrogen and oxygen atoms in total. The third kappa shape index (κ3) is 2.45. The fraction of sp³-hybridized carbons (Fsp3) is 0.533. The summed E-state index contributed by atoms with van der Waals surface area (Å²) in [6.07, 6.45) is 4.98. The largest absolute Gasteiger partial charge is 0.490 e. The number of hydrogen-bond acceptors (Lipinski definition) is 3. The third-order valence-electron chi connectivity index (χ3n) is 4.48. The first kappa shape index (κ1) is 12.5.